The molecule has 1 aliphatic carbocycles. The Morgan fingerprint density at radius 3 is 2.29 bits per heavy atom. The monoisotopic (exact) mass is 684 g/mol. The topological polar surface area (TPSA) is 66.9 Å². The number of morpholine rings is 1. The zero-order valence-corrected chi connectivity index (χ0v) is 26.2. The van der Waals surface area contributed by atoms with Gasteiger partial charge < -0.3 is 9.64 Å². The number of sulfonamides is 1. The molecule has 1 saturated heterocycles. The molecule has 2 aliphatic rings. The van der Waals surface area contributed by atoms with E-state index >= 15 is 4.39 Å². The standard InChI is InChI=1S/C32H30Cl2F4N2O4S/c1-2-6-28-31(41)40(29(20-11-13-22(33)14-12-20)30(44-28)21-7-5-8-23(34)17-21)24(18-32(36,37)38)19-39(45(42,43)25-15-16-25)27-10-4-3-9-26(27)35/h2-5,7-14,17,24-25,28-30H,1,6,15-16,18-19H2/t24-,28-,29+,30+/m0/s1. The molecule has 45 heavy (non-hydrogen) atoms. The van der Waals surface area contributed by atoms with Crippen molar-refractivity contribution in [2.24, 2.45) is 0 Å². The maximum Gasteiger partial charge on any atom is 0.391 e. The van der Waals surface area contributed by atoms with Crippen molar-refractivity contribution in [1.29, 1.82) is 0 Å². The summed E-state index contributed by atoms with van der Waals surface area (Å²) in [7, 11) is -4.29. The van der Waals surface area contributed by atoms with E-state index in [0.717, 1.165) is 11.0 Å². The number of carbonyl (C=O) groups excluding carboxylic acids is 1. The van der Waals surface area contributed by atoms with Crippen LogP contribution in [0, 0.1) is 5.82 Å². The molecule has 0 N–H and O–H groups in total. The van der Waals surface area contributed by atoms with Gasteiger partial charge in [0.2, 0.25) is 10.0 Å². The molecule has 1 amide bonds. The average Bonchev–Trinajstić information content (AvgIpc) is 3.83. The van der Waals surface area contributed by atoms with Crippen LogP contribution in [0.2, 0.25) is 10.0 Å². The second-order valence-electron chi connectivity index (χ2n) is 11.1. The van der Waals surface area contributed by atoms with E-state index in [-0.39, 0.29) is 6.42 Å². The minimum absolute atomic E-state index is 0.0319. The molecule has 1 heterocycles. The average molecular weight is 686 g/mol. The van der Waals surface area contributed by atoms with Crippen molar-refractivity contribution in [2.75, 3.05) is 10.8 Å². The molecule has 13 heteroatoms. The number of amides is 1. The second kappa shape index (κ2) is 13.3. The van der Waals surface area contributed by atoms with Crippen LogP contribution in [0.3, 0.4) is 0 Å². The van der Waals surface area contributed by atoms with Gasteiger partial charge in [-0.05, 0) is 60.4 Å². The van der Waals surface area contributed by atoms with Gasteiger partial charge in [-0.15, -0.1) is 6.58 Å². The fraction of sp³-hybridized carbons (Fsp3) is 0.344. The molecule has 6 nitrogen and oxygen atoms in total. The van der Waals surface area contributed by atoms with Crippen LogP contribution in [0.25, 0.3) is 0 Å². The number of ether oxygens (including phenoxy) is 1. The van der Waals surface area contributed by atoms with E-state index in [2.05, 4.69) is 6.58 Å². The normalized spacial score (nSPS) is 21.4. The molecule has 0 radical (unpaired) electrons. The van der Waals surface area contributed by atoms with Crippen LogP contribution in [0.4, 0.5) is 23.2 Å². The maximum absolute atomic E-state index is 15.2. The molecule has 1 aliphatic heterocycles. The molecule has 0 bridgehead atoms. The van der Waals surface area contributed by atoms with E-state index in [4.69, 9.17) is 27.9 Å². The number of benzene rings is 3. The number of halogens is 6. The Morgan fingerprint density at radius 1 is 1.00 bits per heavy atom. The third kappa shape index (κ3) is 7.48. The summed E-state index contributed by atoms with van der Waals surface area (Å²) in [5.41, 5.74) is 0.482. The molecule has 0 spiro atoms. The second-order valence-corrected chi connectivity index (χ2v) is 14.1. The zero-order valence-electron chi connectivity index (χ0n) is 23.8. The van der Waals surface area contributed by atoms with E-state index in [0.29, 0.717) is 38.3 Å². The molecule has 5 rings (SSSR count). The van der Waals surface area contributed by atoms with Crippen molar-refractivity contribution in [2.45, 2.75) is 61.4 Å². The summed E-state index contributed by atoms with van der Waals surface area (Å²) in [6, 6.07) is 14.8. The summed E-state index contributed by atoms with van der Waals surface area (Å²) in [5.74, 6) is -1.71. The Labute approximate surface area is 269 Å². The summed E-state index contributed by atoms with van der Waals surface area (Å²) >= 11 is 12.4. The summed E-state index contributed by atoms with van der Waals surface area (Å²) in [4.78, 5) is 15.3. The maximum atomic E-state index is 15.2. The molecule has 3 aromatic carbocycles. The number of nitrogens with zero attached hydrogens (tertiary/aromatic N) is 2. The molecular weight excluding hydrogens is 655 g/mol. The summed E-state index contributed by atoms with van der Waals surface area (Å²) in [6.45, 7) is 2.83. The smallest absolute Gasteiger partial charge is 0.358 e. The fourth-order valence-electron chi connectivity index (χ4n) is 5.66. The summed E-state index contributed by atoms with van der Waals surface area (Å²) < 4.78 is 92.8. The Bertz CT molecular complexity index is 1650. The van der Waals surface area contributed by atoms with E-state index in [1.807, 2.05) is 0 Å². The lowest BCUT2D eigenvalue weighted by Crippen LogP contribution is -2.58. The number of para-hydroxylation sites is 1. The Balaban J connectivity index is 1.71. The predicted octanol–water partition coefficient (Wildman–Crippen LogP) is 8.04. The first kappa shape index (κ1) is 33.2. The molecule has 2 fully saturated rings. The van der Waals surface area contributed by atoms with Gasteiger partial charge in [0.25, 0.3) is 5.91 Å². The van der Waals surface area contributed by atoms with Crippen molar-refractivity contribution in [3.05, 3.63) is 112 Å². The minimum atomic E-state index is -4.84. The van der Waals surface area contributed by atoms with Gasteiger partial charge >= 0.3 is 6.18 Å². The SMILES string of the molecule is C=CC[C@@H]1O[C@H](c2cccc(Cl)c2)[C@@H](c2ccc(Cl)cc2)N([C@H](CN(c2ccccc2F)S(=O)(=O)C2CC2)CC(F)(F)F)C1=O. The van der Waals surface area contributed by atoms with Crippen LogP contribution in [-0.4, -0.2) is 49.3 Å². The van der Waals surface area contributed by atoms with Crippen LogP contribution in [0.15, 0.2) is 85.5 Å². The minimum Gasteiger partial charge on any atom is -0.358 e. The lowest BCUT2D eigenvalue weighted by atomic mass is 9.89. The van der Waals surface area contributed by atoms with Crippen LogP contribution < -0.4 is 4.31 Å². The molecule has 3 aromatic rings. The zero-order chi connectivity index (χ0) is 32.5. The first-order valence-electron chi connectivity index (χ1n) is 14.2. The Hall–Kier alpha value is -3.12. The highest BCUT2D eigenvalue weighted by molar-refractivity contribution is 7.93. The van der Waals surface area contributed by atoms with E-state index in [9.17, 15) is 26.4 Å². The third-order valence-corrected chi connectivity index (χ3v) is 10.6. The van der Waals surface area contributed by atoms with Crippen LogP contribution >= 0.6 is 23.2 Å². The van der Waals surface area contributed by atoms with Crippen molar-refractivity contribution < 1.29 is 35.5 Å². The van der Waals surface area contributed by atoms with E-state index in [1.54, 1.807) is 36.4 Å². The van der Waals surface area contributed by atoms with Gasteiger partial charge in [-0.1, -0.05) is 65.7 Å². The predicted molar refractivity (Wildman–Crippen MR) is 165 cm³/mol. The van der Waals surface area contributed by atoms with E-state index in [1.165, 1.54) is 36.4 Å². The molecule has 0 aromatic heterocycles. The summed E-state index contributed by atoms with van der Waals surface area (Å²) in [6.07, 6.45) is -6.71. The molecule has 240 valence electrons. The number of rotatable bonds is 11. The van der Waals surface area contributed by atoms with E-state index < -0.39 is 76.1 Å². The van der Waals surface area contributed by atoms with Crippen LogP contribution in [0.1, 0.15) is 49.0 Å². The lowest BCUT2D eigenvalue weighted by Gasteiger charge is -2.49. The lowest BCUT2D eigenvalue weighted by molar-refractivity contribution is -0.189. The number of anilines is 1. The highest BCUT2D eigenvalue weighted by Gasteiger charge is 2.51. The highest BCUT2D eigenvalue weighted by Crippen LogP contribution is 2.46. The van der Waals surface area contributed by atoms with Crippen LogP contribution in [-0.2, 0) is 19.6 Å². The summed E-state index contributed by atoms with van der Waals surface area (Å²) in [5, 5.41) is -0.183. The third-order valence-electron chi connectivity index (χ3n) is 7.81. The van der Waals surface area contributed by atoms with Gasteiger partial charge in [0, 0.05) is 16.5 Å². The molecule has 1 saturated carbocycles. The fourth-order valence-corrected chi connectivity index (χ4v) is 7.88. The van der Waals surface area contributed by atoms with Crippen molar-refractivity contribution in [3.63, 3.8) is 0 Å². The number of carbonyl (C=O) groups is 1. The van der Waals surface area contributed by atoms with Crippen molar-refractivity contribution in [1.82, 2.24) is 4.90 Å². The van der Waals surface area contributed by atoms with Crippen molar-refractivity contribution >= 4 is 44.8 Å². The quantitative estimate of drug-likeness (QED) is 0.152. The van der Waals surface area contributed by atoms with Gasteiger partial charge in [0.1, 0.15) is 18.0 Å². The number of hydrogen-bond donors (Lipinski definition) is 0. The van der Waals surface area contributed by atoms with Crippen LogP contribution in [0.5, 0.6) is 0 Å². The largest absolute Gasteiger partial charge is 0.391 e. The Kier molecular flexibility index (Phi) is 9.84. The first-order valence-corrected chi connectivity index (χ1v) is 16.5. The first-order chi connectivity index (χ1) is 21.3. The van der Waals surface area contributed by atoms with Gasteiger partial charge in [-0.25, -0.2) is 12.8 Å². The van der Waals surface area contributed by atoms with Gasteiger partial charge in [-0.3, -0.25) is 9.10 Å². The van der Waals surface area contributed by atoms with Gasteiger partial charge in [-0.2, -0.15) is 13.2 Å². The Morgan fingerprint density at radius 2 is 1.69 bits per heavy atom. The molecule has 4 atom stereocenters. The molecular formula is C32H30Cl2F4N2O4S. The number of alkyl halides is 3. The number of hydrogen-bond acceptors (Lipinski definition) is 4. The molecule has 0 unspecified atom stereocenters. The highest BCUT2D eigenvalue weighted by atomic mass is 35.5. The van der Waals surface area contributed by atoms with Gasteiger partial charge in [0.15, 0.2) is 0 Å². The van der Waals surface area contributed by atoms with Crippen molar-refractivity contribution in [3.8, 4) is 0 Å². The van der Waals surface area contributed by atoms with Gasteiger partial charge in [0.05, 0.1) is 36.0 Å².